The third-order valence-corrected chi connectivity index (χ3v) is 3.14. The number of methoxy groups -OCH3 is 1. The number of nitrogens with zero attached hydrogens (tertiary/aromatic N) is 2. The molecule has 0 unspecified atom stereocenters. The molecule has 0 saturated carbocycles. The first-order chi connectivity index (χ1) is 8.13. The number of aromatic nitrogens is 2. The highest BCUT2D eigenvalue weighted by Crippen LogP contribution is 2.24. The van der Waals surface area contributed by atoms with E-state index in [0.29, 0.717) is 12.4 Å². The van der Waals surface area contributed by atoms with E-state index < -0.39 is 0 Å². The summed E-state index contributed by atoms with van der Waals surface area (Å²) < 4.78 is 7.08. The molecule has 4 heteroatoms. The van der Waals surface area contributed by atoms with Gasteiger partial charge in [-0.05, 0) is 42.7 Å². The van der Waals surface area contributed by atoms with Gasteiger partial charge < -0.3 is 10.5 Å². The van der Waals surface area contributed by atoms with Crippen LogP contribution in [0.2, 0.25) is 0 Å². The lowest BCUT2D eigenvalue weighted by atomic mass is 10.0. The average Bonchev–Trinajstić information content (AvgIpc) is 2.71. The van der Waals surface area contributed by atoms with Crippen LogP contribution in [0, 0.1) is 13.8 Å². The second kappa shape index (κ2) is 4.49. The van der Waals surface area contributed by atoms with Crippen molar-refractivity contribution in [3.05, 3.63) is 41.1 Å². The smallest absolute Gasteiger partial charge is 0.122 e. The molecule has 0 amide bonds. The Morgan fingerprint density at radius 3 is 2.59 bits per heavy atom. The van der Waals surface area contributed by atoms with Crippen LogP contribution in [0.15, 0.2) is 24.4 Å². The molecule has 2 rings (SSSR count). The molecule has 4 nitrogen and oxygen atoms in total. The third-order valence-electron chi connectivity index (χ3n) is 3.14. The van der Waals surface area contributed by atoms with Gasteiger partial charge in [-0.2, -0.15) is 5.10 Å². The Balaban J connectivity index is 2.35. The lowest BCUT2D eigenvalue weighted by molar-refractivity contribution is 0.411. The summed E-state index contributed by atoms with van der Waals surface area (Å²) in [5.41, 5.74) is 9.40. The molecule has 0 atom stereocenters. The number of ether oxygens (including phenoxy) is 1. The van der Waals surface area contributed by atoms with Crippen molar-refractivity contribution >= 4 is 5.82 Å². The fraction of sp³-hybridized carbons (Fsp3) is 0.308. The van der Waals surface area contributed by atoms with Gasteiger partial charge in [0.05, 0.1) is 19.9 Å². The monoisotopic (exact) mass is 231 g/mol. The lowest BCUT2D eigenvalue weighted by Gasteiger charge is -2.13. The number of nitrogen functional groups attached to an aromatic ring is 1. The van der Waals surface area contributed by atoms with Gasteiger partial charge in [0.1, 0.15) is 11.6 Å². The van der Waals surface area contributed by atoms with Gasteiger partial charge in [0.2, 0.25) is 0 Å². The van der Waals surface area contributed by atoms with Crippen LogP contribution in [0.4, 0.5) is 5.82 Å². The summed E-state index contributed by atoms with van der Waals surface area (Å²) in [7, 11) is 1.69. The third kappa shape index (κ3) is 2.11. The molecular formula is C13H17N3O. The SMILES string of the molecule is COc1ccc(Cn2nccc2N)c(C)c1C. The second-order valence-corrected chi connectivity index (χ2v) is 4.09. The average molecular weight is 231 g/mol. The minimum atomic E-state index is 0.679. The Morgan fingerprint density at radius 1 is 1.24 bits per heavy atom. The molecule has 0 aliphatic heterocycles. The van der Waals surface area contributed by atoms with Crippen molar-refractivity contribution in [3.8, 4) is 5.75 Å². The zero-order valence-corrected chi connectivity index (χ0v) is 10.4. The zero-order valence-electron chi connectivity index (χ0n) is 10.4. The summed E-state index contributed by atoms with van der Waals surface area (Å²) in [6, 6.07) is 5.84. The molecule has 1 aromatic carbocycles. The van der Waals surface area contributed by atoms with Crippen molar-refractivity contribution in [2.75, 3.05) is 12.8 Å². The molecule has 17 heavy (non-hydrogen) atoms. The van der Waals surface area contributed by atoms with Crippen molar-refractivity contribution < 1.29 is 4.74 Å². The number of anilines is 1. The van der Waals surface area contributed by atoms with Crippen LogP contribution in [0.3, 0.4) is 0 Å². The highest BCUT2D eigenvalue weighted by atomic mass is 16.5. The summed E-state index contributed by atoms with van der Waals surface area (Å²) >= 11 is 0. The first-order valence-corrected chi connectivity index (χ1v) is 5.54. The largest absolute Gasteiger partial charge is 0.496 e. The fourth-order valence-corrected chi connectivity index (χ4v) is 1.88. The van der Waals surface area contributed by atoms with Gasteiger partial charge in [0.25, 0.3) is 0 Å². The number of nitrogens with two attached hydrogens (primary N) is 1. The van der Waals surface area contributed by atoms with E-state index in [1.54, 1.807) is 24.1 Å². The van der Waals surface area contributed by atoms with Crippen LogP contribution >= 0.6 is 0 Å². The van der Waals surface area contributed by atoms with Gasteiger partial charge >= 0.3 is 0 Å². The van der Waals surface area contributed by atoms with Gasteiger partial charge in [-0.3, -0.25) is 0 Å². The molecule has 2 aromatic rings. The van der Waals surface area contributed by atoms with Crippen molar-refractivity contribution in [2.24, 2.45) is 0 Å². The minimum absolute atomic E-state index is 0.679. The molecule has 0 spiro atoms. The molecule has 0 aliphatic carbocycles. The summed E-state index contributed by atoms with van der Waals surface area (Å²) in [5.74, 6) is 1.59. The molecular weight excluding hydrogens is 214 g/mol. The van der Waals surface area contributed by atoms with Gasteiger partial charge in [0, 0.05) is 0 Å². The van der Waals surface area contributed by atoms with Gasteiger partial charge in [0.15, 0.2) is 0 Å². The number of hydrogen-bond donors (Lipinski definition) is 1. The van der Waals surface area contributed by atoms with E-state index >= 15 is 0 Å². The van der Waals surface area contributed by atoms with Gasteiger partial charge in [-0.25, -0.2) is 4.68 Å². The van der Waals surface area contributed by atoms with E-state index in [0.717, 1.165) is 11.3 Å². The van der Waals surface area contributed by atoms with Crippen molar-refractivity contribution in [1.82, 2.24) is 9.78 Å². The van der Waals surface area contributed by atoms with Crippen LogP contribution in [-0.2, 0) is 6.54 Å². The normalized spacial score (nSPS) is 10.5. The van der Waals surface area contributed by atoms with Crippen LogP contribution in [0.5, 0.6) is 5.75 Å². The Kier molecular flexibility index (Phi) is 3.04. The van der Waals surface area contributed by atoms with E-state index in [2.05, 4.69) is 25.0 Å². The van der Waals surface area contributed by atoms with Crippen LogP contribution in [0.25, 0.3) is 0 Å². The highest BCUT2D eigenvalue weighted by molar-refractivity contribution is 5.44. The molecule has 2 N–H and O–H groups in total. The molecule has 90 valence electrons. The lowest BCUT2D eigenvalue weighted by Crippen LogP contribution is -2.07. The van der Waals surface area contributed by atoms with E-state index in [1.807, 2.05) is 6.07 Å². The standard InChI is InChI=1S/C13H17N3O/c1-9-10(2)12(17-3)5-4-11(9)8-16-13(14)6-7-15-16/h4-7H,8,14H2,1-3H3. The topological polar surface area (TPSA) is 53.1 Å². The zero-order chi connectivity index (χ0) is 12.4. The predicted octanol–water partition coefficient (Wildman–Crippen LogP) is 2.14. The van der Waals surface area contributed by atoms with Crippen molar-refractivity contribution in [2.45, 2.75) is 20.4 Å². The Morgan fingerprint density at radius 2 is 2.00 bits per heavy atom. The van der Waals surface area contributed by atoms with Crippen LogP contribution in [-0.4, -0.2) is 16.9 Å². The molecule has 0 aliphatic rings. The summed E-state index contributed by atoms with van der Waals surface area (Å²) in [4.78, 5) is 0. The van der Waals surface area contributed by atoms with Crippen LogP contribution < -0.4 is 10.5 Å². The molecule has 0 bridgehead atoms. The Bertz CT molecular complexity index is 531. The van der Waals surface area contributed by atoms with E-state index in [9.17, 15) is 0 Å². The maximum absolute atomic E-state index is 5.81. The molecule has 0 saturated heterocycles. The molecule has 0 fully saturated rings. The molecule has 0 radical (unpaired) electrons. The number of rotatable bonds is 3. The van der Waals surface area contributed by atoms with E-state index in [-0.39, 0.29) is 0 Å². The molecule has 1 heterocycles. The number of benzene rings is 1. The molecule has 1 aromatic heterocycles. The Labute approximate surface area is 101 Å². The highest BCUT2D eigenvalue weighted by Gasteiger charge is 2.08. The number of hydrogen-bond acceptors (Lipinski definition) is 3. The maximum atomic E-state index is 5.81. The maximum Gasteiger partial charge on any atom is 0.122 e. The summed E-state index contributed by atoms with van der Waals surface area (Å²) in [5, 5.41) is 4.18. The van der Waals surface area contributed by atoms with Gasteiger partial charge in [-0.1, -0.05) is 6.07 Å². The minimum Gasteiger partial charge on any atom is -0.496 e. The Hall–Kier alpha value is -1.97. The predicted molar refractivity (Wildman–Crippen MR) is 68.2 cm³/mol. The first kappa shape index (κ1) is 11.5. The first-order valence-electron chi connectivity index (χ1n) is 5.54. The van der Waals surface area contributed by atoms with Crippen molar-refractivity contribution in [1.29, 1.82) is 0 Å². The van der Waals surface area contributed by atoms with Crippen molar-refractivity contribution in [3.63, 3.8) is 0 Å². The van der Waals surface area contributed by atoms with Crippen LogP contribution in [0.1, 0.15) is 16.7 Å². The van der Waals surface area contributed by atoms with Gasteiger partial charge in [-0.15, -0.1) is 0 Å². The summed E-state index contributed by atoms with van der Waals surface area (Å²) in [6.07, 6.45) is 1.71. The quantitative estimate of drug-likeness (QED) is 0.880. The van der Waals surface area contributed by atoms with E-state index in [1.165, 1.54) is 11.1 Å². The second-order valence-electron chi connectivity index (χ2n) is 4.09. The van der Waals surface area contributed by atoms with E-state index in [4.69, 9.17) is 10.5 Å². The fourth-order valence-electron chi connectivity index (χ4n) is 1.88. The summed E-state index contributed by atoms with van der Waals surface area (Å²) in [6.45, 7) is 4.84.